The summed E-state index contributed by atoms with van der Waals surface area (Å²) < 4.78 is 9.73. The van der Waals surface area contributed by atoms with E-state index in [4.69, 9.17) is 4.74 Å². The van der Waals surface area contributed by atoms with E-state index in [1.54, 1.807) is 0 Å². The fourth-order valence-corrected chi connectivity index (χ4v) is 1.98. The Kier molecular flexibility index (Phi) is 4.66. The number of hydrogen-bond acceptors (Lipinski definition) is 3. The van der Waals surface area contributed by atoms with Crippen LogP contribution in [-0.2, 0) is 9.47 Å². The molecule has 0 fully saturated rings. The monoisotopic (exact) mass is 212 g/mol. The SMILES string of the molecule is COC(=O)OC1CC(C)=CCCC(C)C1. The van der Waals surface area contributed by atoms with Gasteiger partial charge in [0, 0.05) is 6.42 Å². The van der Waals surface area contributed by atoms with Gasteiger partial charge in [0.25, 0.3) is 0 Å². The fourth-order valence-electron chi connectivity index (χ4n) is 1.98. The van der Waals surface area contributed by atoms with E-state index < -0.39 is 6.16 Å². The van der Waals surface area contributed by atoms with Crippen LogP contribution in [0.5, 0.6) is 0 Å². The van der Waals surface area contributed by atoms with Crippen LogP contribution in [0.2, 0.25) is 0 Å². The average Bonchev–Trinajstić information content (AvgIpc) is 2.15. The molecule has 0 heterocycles. The number of rotatable bonds is 1. The lowest BCUT2D eigenvalue weighted by Gasteiger charge is -2.23. The molecular weight excluding hydrogens is 192 g/mol. The van der Waals surface area contributed by atoms with E-state index >= 15 is 0 Å². The highest BCUT2D eigenvalue weighted by molar-refractivity contribution is 5.59. The van der Waals surface area contributed by atoms with E-state index in [9.17, 15) is 4.79 Å². The van der Waals surface area contributed by atoms with Gasteiger partial charge in [-0.3, -0.25) is 0 Å². The van der Waals surface area contributed by atoms with Crippen molar-refractivity contribution in [1.29, 1.82) is 0 Å². The summed E-state index contributed by atoms with van der Waals surface area (Å²) in [6.07, 6.45) is 5.71. The molecule has 3 nitrogen and oxygen atoms in total. The molecule has 2 unspecified atom stereocenters. The number of hydrogen-bond donors (Lipinski definition) is 0. The number of carbonyl (C=O) groups excluding carboxylic acids is 1. The molecule has 0 amide bonds. The van der Waals surface area contributed by atoms with Gasteiger partial charge in [0.05, 0.1) is 7.11 Å². The second kappa shape index (κ2) is 5.79. The molecule has 2 atom stereocenters. The van der Waals surface area contributed by atoms with Gasteiger partial charge in [0.1, 0.15) is 6.10 Å². The van der Waals surface area contributed by atoms with Crippen molar-refractivity contribution in [1.82, 2.24) is 0 Å². The predicted molar refractivity (Wildman–Crippen MR) is 58.7 cm³/mol. The number of ether oxygens (including phenoxy) is 2. The van der Waals surface area contributed by atoms with Gasteiger partial charge < -0.3 is 9.47 Å². The summed E-state index contributed by atoms with van der Waals surface area (Å²) in [5, 5.41) is 0. The van der Waals surface area contributed by atoms with Crippen molar-refractivity contribution in [2.75, 3.05) is 7.11 Å². The number of carbonyl (C=O) groups is 1. The Morgan fingerprint density at radius 3 is 2.93 bits per heavy atom. The molecule has 0 aromatic rings. The lowest BCUT2D eigenvalue weighted by atomic mass is 9.91. The first-order chi connectivity index (χ1) is 7.11. The molecule has 1 aliphatic rings. The highest BCUT2D eigenvalue weighted by Gasteiger charge is 2.19. The molecule has 0 bridgehead atoms. The van der Waals surface area contributed by atoms with Crippen LogP contribution in [0.15, 0.2) is 11.6 Å². The van der Waals surface area contributed by atoms with Crippen molar-refractivity contribution in [3.05, 3.63) is 11.6 Å². The summed E-state index contributed by atoms with van der Waals surface area (Å²) in [7, 11) is 1.34. The largest absolute Gasteiger partial charge is 0.508 e. The third kappa shape index (κ3) is 4.36. The minimum atomic E-state index is -0.569. The molecule has 0 radical (unpaired) electrons. The van der Waals surface area contributed by atoms with Gasteiger partial charge in [-0.2, -0.15) is 0 Å². The van der Waals surface area contributed by atoms with Crippen LogP contribution >= 0.6 is 0 Å². The van der Waals surface area contributed by atoms with E-state index in [2.05, 4.69) is 24.7 Å². The second-order valence-corrected chi connectivity index (χ2v) is 4.37. The van der Waals surface area contributed by atoms with Gasteiger partial charge in [-0.15, -0.1) is 0 Å². The Bertz CT molecular complexity index is 245. The molecule has 3 heteroatoms. The first-order valence-corrected chi connectivity index (χ1v) is 5.52. The summed E-state index contributed by atoms with van der Waals surface area (Å²) in [5.41, 5.74) is 1.30. The Hall–Kier alpha value is -0.990. The molecule has 0 N–H and O–H groups in total. The second-order valence-electron chi connectivity index (χ2n) is 4.37. The third-order valence-corrected chi connectivity index (χ3v) is 2.80. The zero-order valence-electron chi connectivity index (χ0n) is 9.79. The molecule has 0 aromatic carbocycles. The van der Waals surface area contributed by atoms with Crippen LogP contribution in [0, 0.1) is 5.92 Å². The van der Waals surface area contributed by atoms with Crippen molar-refractivity contribution in [3.8, 4) is 0 Å². The maximum Gasteiger partial charge on any atom is 0.508 e. The molecule has 1 aliphatic carbocycles. The van der Waals surface area contributed by atoms with E-state index in [1.807, 2.05) is 0 Å². The molecule has 0 saturated heterocycles. The minimum absolute atomic E-state index is 0.0241. The van der Waals surface area contributed by atoms with Crippen LogP contribution in [0.3, 0.4) is 0 Å². The van der Waals surface area contributed by atoms with Gasteiger partial charge in [-0.25, -0.2) is 4.79 Å². The predicted octanol–water partition coefficient (Wildman–Crippen LogP) is 3.29. The normalized spacial score (nSPS) is 27.3. The molecule has 0 aromatic heterocycles. The van der Waals surface area contributed by atoms with Crippen LogP contribution in [0.1, 0.15) is 39.5 Å². The summed E-state index contributed by atoms with van der Waals surface area (Å²) in [6.45, 7) is 4.28. The van der Waals surface area contributed by atoms with Gasteiger partial charge in [0.15, 0.2) is 0 Å². The summed E-state index contributed by atoms with van der Waals surface area (Å²) >= 11 is 0. The van der Waals surface area contributed by atoms with Gasteiger partial charge in [0.2, 0.25) is 0 Å². The molecule has 1 rings (SSSR count). The molecule has 0 aliphatic heterocycles. The maximum atomic E-state index is 11.0. The lowest BCUT2D eigenvalue weighted by molar-refractivity contribution is 0.0277. The molecule has 0 saturated carbocycles. The first kappa shape index (κ1) is 12.1. The average molecular weight is 212 g/mol. The standard InChI is InChI=1S/C12H20O3/c1-9-5-4-6-10(2)8-11(7-9)15-12(13)14-3/h5,10-11H,4,6-8H2,1-3H3. The molecule has 86 valence electrons. The maximum absolute atomic E-state index is 11.0. The topological polar surface area (TPSA) is 35.5 Å². The molecule has 15 heavy (non-hydrogen) atoms. The summed E-state index contributed by atoms with van der Waals surface area (Å²) in [6, 6.07) is 0. The quantitative estimate of drug-likeness (QED) is 0.494. The molecular formula is C12H20O3. The van der Waals surface area contributed by atoms with Crippen molar-refractivity contribution in [3.63, 3.8) is 0 Å². The smallest absolute Gasteiger partial charge is 0.438 e. The van der Waals surface area contributed by atoms with Crippen molar-refractivity contribution >= 4 is 6.16 Å². The van der Waals surface area contributed by atoms with Gasteiger partial charge in [-0.05, 0) is 32.1 Å². The van der Waals surface area contributed by atoms with Crippen LogP contribution in [-0.4, -0.2) is 19.4 Å². The van der Waals surface area contributed by atoms with Crippen molar-refractivity contribution in [2.24, 2.45) is 5.92 Å². The zero-order chi connectivity index (χ0) is 11.3. The molecule has 0 spiro atoms. The van der Waals surface area contributed by atoms with Crippen LogP contribution in [0.4, 0.5) is 4.79 Å². The van der Waals surface area contributed by atoms with Crippen LogP contribution in [0.25, 0.3) is 0 Å². The van der Waals surface area contributed by atoms with Crippen LogP contribution < -0.4 is 0 Å². The fraction of sp³-hybridized carbons (Fsp3) is 0.750. The van der Waals surface area contributed by atoms with E-state index in [0.717, 1.165) is 19.3 Å². The van der Waals surface area contributed by atoms with E-state index in [0.29, 0.717) is 5.92 Å². The zero-order valence-corrected chi connectivity index (χ0v) is 9.79. The van der Waals surface area contributed by atoms with E-state index in [-0.39, 0.29) is 6.10 Å². The van der Waals surface area contributed by atoms with Crippen molar-refractivity contribution in [2.45, 2.75) is 45.6 Å². The summed E-state index contributed by atoms with van der Waals surface area (Å²) in [4.78, 5) is 11.0. The Balaban J connectivity index is 2.55. The number of methoxy groups -OCH3 is 1. The van der Waals surface area contributed by atoms with Gasteiger partial charge in [-0.1, -0.05) is 18.6 Å². The Labute approximate surface area is 91.4 Å². The summed E-state index contributed by atoms with van der Waals surface area (Å²) in [5.74, 6) is 0.601. The number of allylic oxidation sites excluding steroid dienone is 1. The minimum Gasteiger partial charge on any atom is -0.438 e. The first-order valence-electron chi connectivity index (χ1n) is 5.52. The highest BCUT2D eigenvalue weighted by Crippen LogP contribution is 2.24. The third-order valence-electron chi connectivity index (χ3n) is 2.80. The van der Waals surface area contributed by atoms with Gasteiger partial charge >= 0.3 is 6.16 Å². The lowest BCUT2D eigenvalue weighted by Crippen LogP contribution is -2.22. The Morgan fingerprint density at radius 1 is 1.53 bits per heavy atom. The highest BCUT2D eigenvalue weighted by atomic mass is 16.7. The Morgan fingerprint density at radius 2 is 2.27 bits per heavy atom. The van der Waals surface area contributed by atoms with Crippen molar-refractivity contribution < 1.29 is 14.3 Å². The van der Waals surface area contributed by atoms with E-state index in [1.165, 1.54) is 19.1 Å².